The van der Waals surface area contributed by atoms with Crippen LogP contribution in [-0.4, -0.2) is 32.8 Å². The lowest BCUT2D eigenvalue weighted by atomic mass is 10.1. The number of nitrogens with one attached hydrogen (secondary N) is 1. The molecule has 0 bridgehead atoms. The molecule has 3 rings (SSSR count). The molecule has 30 heavy (non-hydrogen) atoms. The largest absolute Gasteiger partial charge is 0.289 e. The van der Waals surface area contributed by atoms with Gasteiger partial charge < -0.3 is 0 Å². The smallest absolute Gasteiger partial charge is 0.239 e. The number of allylic oxidation sites excluding steroid dienone is 1. The molecule has 0 saturated carbocycles. The monoisotopic (exact) mass is 463 g/mol. The predicted molar refractivity (Wildman–Crippen MR) is 115 cm³/mol. The van der Waals surface area contributed by atoms with Crippen molar-refractivity contribution >= 4 is 42.7 Å². The first-order valence-corrected chi connectivity index (χ1v) is 12.8. The van der Waals surface area contributed by atoms with Crippen molar-refractivity contribution in [3.8, 4) is 0 Å². The van der Waals surface area contributed by atoms with Crippen LogP contribution < -0.4 is 4.72 Å². The van der Waals surface area contributed by atoms with Gasteiger partial charge in [-0.25, -0.2) is 16.8 Å². The summed E-state index contributed by atoms with van der Waals surface area (Å²) < 4.78 is 51.4. The molecule has 1 aromatic heterocycles. The fraction of sp³-hybridized carbons (Fsp3) is 0.105. The number of sulfonamides is 1. The molecule has 11 heteroatoms. The molecule has 0 saturated heterocycles. The van der Waals surface area contributed by atoms with Crippen LogP contribution >= 0.6 is 11.3 Å². The Morgan fingerprint density at radius 3 is 2.07 bits per heavy atom. The molecular weight excluding hydrogens is 446 g/mol. The summed E-state index contributed by atoms with van der Waals surface area (Å²) in [6.45, 7) is 0. The van der Waals surface area contributed by atoms with Crippen molar-refractivity contribution in [1.82, 2.24) is 10.2 Å². The second-order valence-electron chi connectivity index (χ2n) is 6.16. The number of sulfone groups is 1. The molecule has 0 aliphatic carbocycles. The van der Waals surface area contributed by atoms with Gasteiger partial charge in [-0.15, -0.1) is 10.2 Å². The number of para-hydroxylation sites is 1. The van der Waals surface area contributed by atoms with Gasteiger partial charge in [0.15, 0.2) is 15.6 Å². The highest BCUT2D eigenvalue weighted by atomic mass is 32.2. The van der Waals surface area contributed by atoms with E-state index in [1.54, 1.807) is 60.7 Å². The Bertz CT molecular complexity index is 1250. The quantitative estimate of drug-likeness (QED) is 0.382. The maximum atomic E-state index is 12.2. The third-order valence-electron chi connectivity index (χ3n) is 3.68. The fourth-order valence-electron chi connectivity index (χ4n) is 2.37. The van der Waals surface area contributed by atoms with Gasteiger partial charge in [-0.1, -0.05) is 59.9 Å². The van der Waals surface area contributed by atoms with E-state index in [2.05, 4.69) is 14.9 Å². The second kappa shape index (κ2) is 9.28. The summed E-state index contributed by atoms with van der Waals surface area (Å²) in [4.78, 5) is 12.0. The molecule has 3 aromatic rings. The van der Waals surface area contributed by atoms with Crippen LogP contribution in [0.5, 0.6) is 0 Å². The van der Waals surface area contributed by atoms with E-state index in [1.807, 2.05) is 0 Å². The molecule has 1 heterocycles. The number of aromatic nitrogens is 2. The van der Waals surface area contributed by atoms with E-state index in [-0.39, 0.29) is 10.0 Å². The van der Waals surface area contributed by atoms with Crippen molar-refractivity contribution in [2.45, 2.75) is 11.5 Å². The molecule has 0 atom stereocenters. The summed E-state index contributed by atoms with van der Waals surface area (Å²) in [6.07, 6.45) is 0.987. The van der Waals surface area contributed by atoms with Gasteiger partial charge in [-0.2, -0.15) is 0 Å². The Labute approximate surface area is 178 Å². The van der Waals surface area contributed by atoms with Crippen molar-refractivity contribution < 1.29 is 21.6 Å². The Hall–Kier alpha value is -2.89. The van der Waals surface area contributed by atoms with E-state index in [0.717, 1.165) is 22.8 Å². The fourth-order valence-corrected chi connectivity index (χ4v) is 6.02. The van der Waals surface area contributed by atoms with Gasteiger partial charge in [0, 0.05) is 16.7 Å². The topological polar surface area (TPSA) is 123 Å². The second-order valence-corrected chi connectivity index (χ2v) is 10.9. The summed E-state index contributed by atoms with van der Waals surface area (Å²) >= 11 is 0.888. The summed E-state index contributed by atoms with van der Waals surface area (Å²) in [5.74, 6) is -1.34. The van der Waals surface area contributed by atoms with E-state index in [9.17, 15) is 21.6 Å². The van der Waals surface area contributed by atoms with Crippen LogP contribution in [-0.2, 0) is 31.4 Å². The Morgan fingerprint density at radius 1 is 0.867 bits per heavy atom. The zero-order chi connectivity index (χ0) is 21.6. The van der Waals surface area contributed by atoms with Crippen LogP contribution in [0.1, 0.15) is 20.4 Å². The van der Waals surface area contributed by atoms with Crippen LogP contribution in [0.4, 0.5) is 5.69 Å². The molecule has 0 fully saturated rings. The lowest BCUT2D eigenvalue weighted by molar-refractivity contribution is 0.104. The molecule has 8 nitrogen and oxygen atoms in total. The Balaban J connectivity index is 1.63. The number of hydrogen-bond donors (Lipinski definition) is 1. The molecule has 1 N–H and O–H groups in total. The number of anilines is 1. The molecule has 0 amide bonds. The standard InChI is InChI=1S/C19H17N3O5S3/c23-17(15-7-3-1-4-8-15)11-12-29(24,25)13-18-20-21-19(28-18)14-30(26,27)22-16-9-5-2-6-10-16/h1-12,22H,13-14H2/b12-11+. The van der Waals surface area contributed by atoms with Crippen molar-refractivity contribution in [3.05, 3.63) is 87.7 Å². The van der Waals surface area contributed by atoms with Gasteiger partial charge in [-0.3, -0.25) is 9.52 Å². The van der Waals surface area contributed by atoms with Gasteiger partial charge >= 0.3 is 0 Å². The highest BCUT2D eigenvalue weighted by Gasteiger charge is 2.18. The highest BCUT2D eigenvalue weighted by Crippen LogP contribution is 2.18. The van der Waals surface area contributed by atoms with E-state index in [4.69, 9.17) is 0 Å². The average Bonchev–Trinajstić information content (AvgIpc) is 3.12. The number of ketones is 1. The number of benzene rings is 2. The molecule has 2 aromatic carbocycles. The first-order chi connectivity index (χ1) is 14.2. The van der Waals surface area contributed by atoms with E-state index >= 15 is 0 Å². The van der Waals surface area contributed by atoms with E-state index in [0.29, 0.717) is 11.3 Å². The summed E-state index contributed by atoms with van der Waals surface area (Å²) in [7, 11) is -7.50. The lowest BCUT2D eigenvalue weighted by Gasteiger charge is -2.05. The van der Waals surface area contributed by atoms with Crippen molar-refractivity contribution in [2.24, 2.45) is 0 Å². The Morgan fingerprint density at radius 2 is 1.43 bits per heavy atom. The zero-order valence-electron chi connectivity index (χ0n) is 15.5. The molecule has 0 spiro atoms. The zero-order valence-corrected chi connectivity index (χ0v) is 18.0. The average molecular weight is 464 g/mol. The maximum absolute atomic E-state index is 12.2. The van der Waals surface area contributed by atoms with Crippen LogP contribution in [0.25, 0.3) is 0 Å². The van der Waals surface area contributed by atoms with Gasteiger partial charge in [0.1, 0.15) is 21.5 Å². The SMILES string of the molecule is O=C(/C=C/S(=O)(=O)Cc1nnc(CS(=O)(=O)Nc2ccccc2)s1)c1ccccc1. The molecule has 0 aliphatic rings. The van der Waals surface area contributed by atoms with Crippen LogP contribution in [0.15, 0.2) is 72.1 Å². The molecule has 0 radical (unpaired) electrons. The number of carbonyl (C=O) groups is 1. The lowest BCUT2D eigenvalue weighted by Crippen LogP contribution is -2.14. The third kappa shape index (κ3) is 6.58. The van der Waals surface area contributed by atoms with Crippen molar-refractivity contribution in [1.29, 1.82) is 0 Å². The summed E-state index contributed by atoms with van der Waals surface area (Å²) in [5, 5.41) is 8.65. The molecular formula is C19H17N3O5S3. The van der Waals surface area contributed by atoms with Crippen LogP contribution in [0.2, 0.25) is 0 Å². The minimum atomic E-state index is -3.78. The van der Waals surface area contributed by atoms with Gasteiger partial charge in [0.2, 0.25) is 10.0 Å². The first kappa shape index (κ1) is 21.8. The first-order valence-electron chi connectivity index (χ1n) is 8.59. The summed E-state index contributed by atoms with van der Waals surface area (Å²) in [5.41, 5.74) is 0.788. The van der Waals surface area contributed by atoms with Crippen LogP contribution in [0.3, 0.4) is 0 Å². The number of rotatable bonds is 9. The molecule has 156 valence electrons. The molecule has 0 unspecified atom stereocenters. The van der Waals surface area contributed by atoms with Crippen molar-refractivity contribution in [3.63, 3.8) is 0 Å². The van der Waals surface area contributed by atoms with Gasteiger partial charge in [-0.05, 0) is 18.2 Å². The normalized spacial score (nSPS) is 12.1. The summed E-state index contributed by atoms with van der Waals surface area (Å²) in [6, 6.07) is 16.6. The minimum absolute atomic E-state index is 0.136. The van der Waals surface area contributed by atoms with Crippen LogP contribution in [0, 0.1) is 0 Å². The van der Waals surface area contributed by atoms with Gasteiger partial charge in [0.25, 0.3) is 0 Å². The number of nitrogens with zero attached hydrogens (tertiary/aromatic N) is 2. The number of hydrogen-bond acceptors (Lipinski definition) is 8. The van der Waals surface area contributed by atoms with Gasteiger partial charge in [0.05, 0.1) is 0 Å². The number of carbonyl (C=O) groups excluding carboxylic acids is 1. The third-order valence-corrected chi connectivity index (χ3v) is 7.39. The predicted octanol–water partition coefficient (Wildman–Crippen LogP) is 2.79. The van der Waals surface area contributed by atoms with Crippen molar-refractivity contribution in [2.75, 3.05) is 4.72 Å². The molecule has 0 aliphatic heterocycles. The highest BCUT2D eigenvalue weighted by molar-refractivity contribution is 7.93. The Kier molecular flexibility index (Phi) is 6.75. The van der Waals surface area contributed by atoms with E-state index in [1.165, 1.54) is 0 Å². The minimum Gasteiger partial charge on any atom is -0.289 e. The maximum Gasteiger partial charge on any atom is 0.239 e. The van der Waals surface area contributed by atoms with E-state index < -0.39 is 37.1 Å².